The summed E-state index contributed by atoms with van der Waals surface area (Å²) in [5.41, 5.74) is -0.247. The zero-order chi connectivity index (χ0) is 13.4. The molecule has 1 amide bonds. The number of rotatable bonds is 3. The number of aliphatic imine (C=N–C) groups is 1. The third-order valence-electron chi connectivity index (χ3n) is 3.41. The molecular formula is C12H17N2NaO3. The van der Waals surface area contributed by atoms with Gasteiger partial charge in [0.1, 0.15) is 11.4 Å². The fourth-order valence-corrected chi connectivity index (χ4v) is 1.44. The second-order valence-corrected chi connectivity index (χ2v) is 4.79. The largest absolute Gasteiger partial charge is 1.00 e. The van der Waals surface area contributed by atoms with E-state index in [9.17, 15) is 14.7 Å². The van der Waals surface area contributed by atoms with Crippen LogP contribution >= 0.6 is 0 Å². The third kappa shape index (κ3) is 3.02. The van der Waals surface area contributed by atoms with Crippen molar-refractivity contribution in [1.82, 2.24) is 5.32 Å². The van der Waals surface area contributed by atoms with Gasteiger partial charge in [0.15, 0.2) is 0 Å². The van der Waals surface area contributed by atoms with Crippen LogP contribution in [0.5, 0.6) is 0 Å². The van der Waals surface area contributed by atoms with Crippen molar-refractivity contribution in [2.45, 2.75) is 40.2 Å². The number of nitrogens with zero attached hydrogens (tertiary/aromatic N) is 1. The average molecular weight is 260 g/mol. The molecule has 0 saturated heterocycles. The second kappa shape index (κ2) is 5.99. The van der Waals surface area contributed by atoms with Crippen LogP contribution < -0.4 is 40.0 Å². The monoisotopic (exact) mass is 260 g/mol. The van der Waals surface area contributed by atoms with Crippen LogP contribution in [-0.4, -0.2) is 23.3 Å². The molecule has 0 bridgehead atoms. The Bertz CT molecular complexity index is 441. The van der Waals surface area contributed by atoms with E-state index >= 15 is 0 Å². The van der Waals surface area contributed by atoms with Crippen LogP contribution in [0.25, 0.3) is 0 Å². The molecule has 0 aliphatic carbocycles. The number of carbonyl (C=O) groups excluding carboxylic acids is 2. The molecule has 0 saturated carbocycles. The summed E-state index contributed by atoms with van der Waals surface area (Å²) in [5, 5.41) is 13.7. The standard InChI is InChI=1S/C12H18N2O3.Na/c1-6(2)12(5)11(17)13-9(14-12)7(3)8(4)10(15)16;/h6H,1-5H3,(H,15,16)(H,13,14,17);/q;+1/p-1. The SMILES string of the molecule is CC(C(=O)[O-])=C(C)C1=NC(=O)C(C)(C(C)C)N1.[Na+]. The van der Waals surface area contributed by atoms with Crippen LogP contribution in [0.1, 0.15) is 34.6 Å². The summed E-state index contributed by atoms with van der Waals surface area (Å²) < 4.78 is 0. The minimum absolute atomic E-state index is 0. The second-order valence-electron chi connectivity index (χ2n) is 4.79. The van der Waals surface area contributed by atoms with Crippen molar-refractivity contribution in [1.29, 1.82) is 0 Å². The first-order valence-electron chi connectivity index (χ1n) is 5.50. The van der Waals surface area contributed by atoms with Crippen LogP contribution in [0.15, 0.2) is 16.1 Å². The maximum Gasteiger partial charge on any atom is 1.00 e. The molecule has 0 aromatic rings. The minimum atomic E-state index is -1.25. The predicted octanol–water partition coefficient (Wildman–Crippen LogP) is -2.98. The summed E-state index contributed by atoms with van der Waals surface area (Å²) in [6.07, 6.45) is 0. The Morgan fingerprint density at radius 3 is 2.22 bits per heavy atom. The molecule has 94 valence electrons. The summed E-state index contributed by atoms with van der Waals surface area (Å²) in [7, 11) is 0. The van der Waals surface area contributed by atoms with Crippen LogP contribution in [0.4, 0.5) is 0 Å². The van der Waals surface area contributed by atoms with Gasteiger partial charge in [0, 0.05) is 0 Å². The first-order chi connectivity index (χ1) is 7.70. The van der Waals surface area contributed by atoms with Crippen molar-refractivity contribution < 1.29 is 44.3 Å². The van der Waals surface area contributed by atoms with Crippen LogP contribution in [-0.2, 0) is 9.59 Å². The van der Waals surface area contributed by atoms with Gasteiger partial charge in [-0.2, -0.15) is 4.99 Å². The van der Waals surface area contributed by atoms with Gasteiger partial charge in [-0.3, -0.25) is 4.79 Å². The van der Waals surface area contributed by atoms with Gasteiger partial charge in [0.2, 0.25) is 0 Å². The molecule has 1 heterocycles. The fourth-order valence-electron chi connectivity index (χ4n) is 1.44. The summed E-state index contributed by atoms with van der Waals surface area (Å²) in [6.45, 7) is 8.63. The fraction of sp³-hybridized carbons (Fsp3) is 0.583. The molecular weight excluding hydrogens is 243 g/mol. The van der Waals surface area contributed by atoms with Crippen LogP contribution in [0.3, 0.4) is 0 Å². The van der Waals surface area contributed by atoms with Crippen molar-refractivity contribution in [3.05, 3.63) is 11.1 Å². The van der Waals surface area contributed by atoms with Crippen molar-refractivity contribution >= 4 is 17.7 Å². The first-order valence-corrected chi connectivity index (χ1v) is 5.50. The molecule has 1 aliphatic heterocycles. The van der Waals surface area contributed by atoms with Crippen molar-refractivity contribution in [3.63, 3.8) is 0 Å². The van der Waals surface area contributed by atoms with Gasteiger partial charge in [-0.25, -0.2) is 0 Å². The van der Waals surface area contributed by atoms with E-state index in [1.165, 1.54) is 6.92 Å². The number of nitrogens with one attached hydrogen (secondary N) is 1. The number of amidine groups is 1. The number of carboxylic acid groups (broad SMARTS) is 1. The molecule has 1 rings (SSSR count). The normalized spacial score (nSPS) is 24.1. The molecule has 1 aliphatic rings. The van der Waals surface area contributed by atoms with Gasteiger partial charge >= 0.3 is 29.6 Å². The van der Waals surface area contributed by atoms with E-state index < -0.39 is 11.5 Å². The number of aliphatic carboxylic acids is 1. The molecule has 0 spiro atoms. The van der Waals surface area contributed by atoms with E-state index in [-0.39, 0.29) is 47.0 Å². The summed E-state index contributed by atoms with van der Waals surface area (Å²) in [6, 6.07) is 0. The Balaban J connectivity index is 0.00000289. The van der Waals surface area contributed by atoms with Gasteiger partial charge < -0.3 is 15.2 Å². The Hall–Kier alpha value is -0.650. The van der Waals surface area contributed by atoms with Gasteiger partial charge in [0.05, 0.1) is 5.97 Å². The van der Waals surface area contributed by atoms with Gasteiger partial charge in [-0.05, 0) is 37.8 Å². The van der Waals surface area contributed by atoms with E-state index in [1.807, 2.05) is 13.8 Å². The van der Waals surface area contributed by atoms with Gasteiger partial charge in [0.25, 0.3) is 5.91 Å². The summed E-state index contributed by atoms with van der Waals surface area (Å²) in [4.78, 5) is 26.4. The summed E-state index contributed by atoms with van der Waals surface area (Å²) in [5.74, 6) is -1.13. The Kier molecular flexibility index (Phi) is 5.78. The molecule has 1 N–H and O–H groups in total. The maximum absolute atomic E-state index is 11.8. The Labute approximate surface area is 129 Å². The molecule has 0 fully saturated rings. The number of hydrogen-bond acceptors (Lipinski definition) is 4. The van der Waals surface area contributed by atoms with Crippen LogP contribution in [0, 0.1) is 5.92 Å². The molecule has 18 heavy (non-hydrogen) atoms. The molecule has 5 nitrogen and oxygen atoms in total. The number of carbonyl (C=O) groups is 2. The quantitative estimate of drug-likeness (QED) is 0.434. The zero-order valence-electron chi connectivity index (χ0n) is 11.7. The minimum Gasteiger partial charge on any atom is -0.545 e. The maximum atomic E-state index is 11.8. The number of hydrogen-bond donors (Lipinski definition) is 1. The molecule has 6 heteroatoms. The van der Waals surface area contributed by atoms with E-state index in [1.54, 1.807) is 13.8 Å². The van der Waals surface area contributed by atoms with Crippen molar-refractivity contribution in [3.8, 4) is 0 Å². The van der Waals surface area contributed by atoms with Crippen LogP contribution in [0.2, 0.25) is 0 Å². The first kappa shape index (κ1) is 17.4. The average Bonchev–Trinajstić information content (AvgIpc) is 2.54. The zero-order valence-corrected chi connectivity index (χ0v) is 13.7. The van der Waals surface area contributed by atoms with E-state index in [2.05, 4.69) is 10.3 Å². The third-order valence-corrected chi connectivity index (χ3v) is 3.41. The Morgan fingerprint density at radius 1 is 1.39 bits per heavy atom. The van der Waals surface area contributed by atoms with Crippen molar-refractivity contribution in [2.75, 3.05) is 0 Å². The molecule has 0 radical (unpaired) electrons. The van der Waals surface area contributed by atoms with E-state index in [0.29, 0.717) is 11.4 Å². The van der Waals surface area contributed by atoms with Gasteiger partial charge in [-0.15, -0.1) is 0 Å². The van der Waals surface area contributed by atoms with E-state index in [4.69, 9.17) is 0 Å². The van der Waals surface area contributed by atoms with E-state index in [0.717, 1.165) is 0 Å². The van der Waals surface area contributed by atoms with Crippen molar-refractivity contribution in [2.24, 2.45) is 10.9 Å². The number of carboxylic acids is 1. The Morgan fingerprint density at radius 2 is 1.89 bits per heavy atom. The smallest absolute Gasteiger partial charge is 0.545 e. The predicted molar refractivity (Wildman–Crippen MR) is 62.2 cm³/mol. The molecule has 0 aromatic heterocycles. The molecule has 0 aromatic carbocycles. The topological polar surface area (TPSA) is 81.6 Å². The number of amides is 1. The molecule has 1 atom stereocenters. The summed E-state index contributed by atoms with van der Waals surface area (Å²) >= 11 is 0. The molecule has 1 unspecified atom stereocenters. The van der Waals surface area contributed by atoms with Gasteiger partial charge in [-0.1, -0.05) is 13.8 Å².